The van der Waals surface area contributed by atoms with Crippen LogP contribution in [-0.2, 0) is 6.54 Å². The van der Waals surface area contributed by atoms with Crippen LogP contribution in [0, 0.1) is 12.8 Å². The summed E-state index contributed by atoms with van der Waals surface area (Å²) in [5.74, 6) is 0.485. The van der Waals surface area contributed by atoms with Gasteiger partial charge in [0.1, 0.15) is 5.52 Å². The van der Waals surface area contributed by atoms with Gasteiger partial charge in [-0.25, -0.2) is 0 Å². The van der Waals surface area contributed by atoms with E-state index in [0.29, 0.717) is 28.0 Å². The van der Waals surface area contributed by atoms with Crippen molar-refractivity contribution in [3.63, 3.8) is 0 Å². The molecule has 2 aromatic carbocycles. The summed E-state index contributed by atoms with van der Waals surface area (Å²) in [4.78, 5) is 8.75. The number of benzene rings is 2. The number of oxazole rings is 1. The van der Waals surface area contributed by atoms with E-state index in [1.54, 1.807) is 4.90 Å². The highest BCUT2D eigenvalue weighted by molar-refractivity contribution is 6.42. The van der Waals surface area contributed by atoms with Crippen molar-refractivity contribution >= 4 is 40.3 Å². The topological polar surface area (TPSA) is 45.7 Å². The first-order valence-electron chi connectivity index (χ1n) is 11.0. The molecule has 0 spiro atoms. The molecule has 1 atom stereocenters. The molecule has 2 N–H and O–H groups in total. The summed E-state index contributed by atoms with van der Waals surface area (Å²) in [7, 11) is 0. The van der Waals surface area contributed by atoms with Gasteiger partial charge in [-0.05, 0) is 48.2 Å². The van der Waals surface area contributed by atoms with Crippen LogP contribution in [0.1, 0.15) is 25.0 Å². The van der Waals surface area contributed by atoms with Crippen LogP contribution in [0.3, 0.4) is 0 Å². The second-order valence-corrected chi connectivity index (χ2v) is 9.78. The van der Waals surface area contributed by atoms with Crippen molar-refractivity contribution in [3.8, 4) is 0 Å². The maximum atomic E-state index is 6.17. The van der Waals surface area contributed by atoms with E-state index in [1.807, 2.05) is 18.2 Å². The maximum absolute atomic E-state index is 6.17. The van der Waals surface area contributed by atoms with Crippen LogP contribution < -0.4 is 10.2 Å². The molecule has 1 saturated heterocycles. The van der Waals surface area contributed by atoms with Gasteiger partial charge in [0.2, 0.25) is 0 Å². The molecule has 4 rings (SSSR count). The first-order chi connectivity index (χ1) is 14.9. The Labute approximate surface area is 194 Å². The Morgan fingerprint density at radius 1 is 1.10 bits per heavy atom. The van der Waals surface area contributed by atoms with Gasteiger partial charge < -0.3 is 14.6 Å². The minimum Gasteiger partial charge on any atom is -0.424 e. The van der Waals surface area contributed by atoms with Crippen LogP contribution >= 0.6 is 23.2 Å². The molecule has 3 aromatic rings. The predicted octanol–water partition coefficient (Wildman–Crippen LogP) is 4.28. The number of piperazine rings is 1. The molecular weight excluding hydrogens is 431 g/mol. The average Bonchev–Trinajstić information content (AvgIpc) is 3.13. The van der Waals surface area contributed by atoms with Crippen LogP contribution in [0.25, 0.3) is 11.1 Å². The zero-order valence-corrected chi connectivity index (χ0v) is 19.9. The molecule has 0 saturated carbocycles. The lowest BCUT2D eigenvalue weighted by molar-refractivity contribution is -0.905. The molecule has 5 nitrogen and oxygen atoms in total. The highest BCUT2D eigenvalue weighted by atomic mass is 35.5. The minimum absolute atomic E-state index is 0.311. The van der Waals surface area contributed by atoms with Gasteiger partial charge in [-0.3, -0.25) is 4.90 Å². The van der Waals surface area contributed by atoms with Crippen molar-refractivity contribution in [2.75, 3.05) is 38.0 Å². The van der Waals surface area contributed by atoms with E-state index in [2.05, 4.69) is 54.2 Å². The Hall–Kier alpha value is -1.79. The number of aromatic nitrogens is 1. The summed E-state index contributed by atoms with van der Waals surface area (Å²) in [6.07, 6.45) is 0. The second-order valence-electron chi connectivity index (χ2n) is 8.96. The first kappa shape index (κ1) is 22.4. The van der Waals surface area contributed by atoms with Crippen LogP contribution in [0.2, 0.25) is 10.0 Å². The van der Waals surface area contributed by atoms with E-state index < -0.39 is 0 Å². The SMILES string of the molecule is Cc1ccc2oc(NC(C[NH+]3CCN(Cc4ccc(Cl)c(Cl)c4)CC3)C(C)C)nc2c1. The summed E-state index contributed by atoms with van der Waals surface area (Å²) >= 11 is 12.2. The Bertz CT molecular complexity index is 1030. The predicted molar refractivity (Wildman–Crippen MR) is 128 cm³/mol. The van der Waals surface area contributed by atoms with Crippen LogP contribution in [0.5, 0.6) is 0 Å². The molecular formula is C24H31Cl2N4O+. The molecule has 0 amide bonds. The molecule has 31 heavy (non-hydrogen) atoms. The molecule has 1 fully saturated rings. The van der Waals surface area contributed by atoms with E-state index >= 15 is 0 Å². The normalized spacial score (nSPS) is 16.8. The molecule has 1 aliphatic rings. The Balaban J connectivity index is 1.32. The zero-order chi connectivity index (χ0) is 22.0. The third-order valence-electron chi connectivity index (χ3n) is 6.12. The van der Waals surface area contributed by atoms with Gasteiger partial charge in [-0.15, -0.1) is 0 Å². The number of nitrogens with one attached hydrogen (secondary N) is 2. The van der Waals surface area contributed by atoms with Crippen LogP contribution in [0.15, 0.2) is 40.8 Å². The molecule has 166 valence electrons. The van der Waals surface area contributed by atoms with Crippen molar-refractivity contribution in [1.29, 1.82) is 0 Å². The number of hydrogen-bond donors (Lipinski definition) is 2. The van der Waals surface area contributed by atoms with Crippen molar-refractivity contribution in [2.45, 2.75) is 33.4 Å². The van der Waals surface area contributed by atoms with Gasteiger partial charge >= 0.3 is 0 Å². The zero-order valence-electron chi connectivity index (χ0n) is 18.4. The number of quaternary nitrogens is 1. The van der Waals surface area contributed by atoms with Gasteiger partial charge in [0.05, 0.1) is 35.7 Å². The number of fused-ring (bicyclic) bond motifs is 1. The number of nitrogens with zero attached hydrogens (tertiary/aromatic N) is 2. The summed E-state index contributed by atoms with van der Waals surface area (Å²) in [6.45, 7) is 12.9. The molecule has 1 aromatic heterocycles. The van der Waals surface area contributed by atoms with Crippen LogP contribution in [-0.4, -0.2) is 48.6 Å². The van der Waals surface area contributed by atoms with Gasteiger partial charge in [-0.1, -0.05) is 49.2 Å². The fourth-order valence-electron chi connectivity index (χ4n) is 4.15. The largest absolute Gasteiger partial charge is 0.424 e. The van der Waals surface area contributed by atoms with Gasteiger partial charge in [-0.2, -0.15) is 4.98 Å². The van der Waals surface area contributed by atoms with Crippen molar-refractivity contribution in [3.05, 3.63) is 57.6 Å². The summed E-state index contributed by atoms with van der Waals surface area (Å²) in [6, 6.07) is 13.0. The monoisotopic (exact) mass is 461 g/mol. The molecule has 1 unspecified atom stereocenters. The third kappa shape index (κ3) is 5.72. The fraction of sp³-hybridized carbons (Fsp3) is 0.458. The Morgan fingerprint density at radius 2 is 1.87 bits per heavy atom. The standard InChI is InChI=1S/C24H30Cl2N4O/c1-16(2)22(28-24-27-21-12-17(3)4-7-23(21)31-24)15-30-10-8-29(9-11-30)14-18-5-6-19(25)20(26)13-18/h4-7,12-13,16,22H,8-11,14-15H2,1-3H3,(H,27,28)/p+1. The molecule has 0 radical (unpaired) electrons. The summed E-state index contributed by atoms with van der Waals surface area (Å²) in [5, 5.41) is 4.80. The number of anilines is 1. The Morgan fingerprint density at radius 3 is 2.58 bits per heavy atom. The molecule has 7 heteroatoms. The first-order valence-corrected chi connectivity index (χ1v) is 11.8. The fourth-order valence-corrected chi connectivity index (χ4v) is 4.47. The summed E-state index contributed by atoms with van der Waals surface area (Å²) < 4.78 is 5.93. The quantitative estimate of drug-likeness (QED) is 0.550. The molecule has 0 bridgehead atoms. The van der Waals surface area contributed by atoms with Crippen molar-refractivity contribution in [2.24, 2.45) is 5.92 Å². The van der Waals surface area contributed by atoms with E-state index in [4.69, 9.17) is 27.6 Å². The number of hydrogen-bond acceptors (Lipinski definition) is 4. The van der Waals surface area contributed by atoms with E-state index in [-0.39, 0.29) is 0 Å². The van der Waals surface area contributed by atoms with E-state index in [0.717, 1.165) is 50.4 Å². The van der Waals surface area contributed by atoms with E-state index in [9.17, 15) is 0 Å². The van der Waals surface area contributed by atoms with Gasteiger partial charge in [0.25, 0.3) is 6.01 Å². The molecule has 2 heterocycles. The highest BCUT2D eigenvalue weighted by Gasteiger charge is 2.26. The third-order valence-corrected chi connectivity index (χ3v) is 6.86. The van der Waals surface area contributed by atoms with Gasteiger partial charge in [0.15, 0.2) is 5.58 Å². The Kier molecular flexibility index (Phi) is 7.07. The maximum Gasteiger partial charge on any atom is 0.296 e. The number of rotatable bonds is 7. The minimum atomic E-state index is 0.311. The molecule has 0 aliphatic carbocycles. The lowest BCUT2D eigenvalue weighted by atomic mass is 10.0. The number of aryl methyl sites for hydroxylation is 1. The van der Waals surface area contributed by atoms with E-state index in [1.165, 1.54) is 11.1 Å². The number of halogens is 2. The van der Waals surface area contributed by atoms with Crippen molar-refractivity contribution in [1.82, 2.24) is 9.88 Å². The lowest BCUT2D eigenvalue weighted by Gasteiger charge is -2.34. The lowest BCUT2D eigenvalue weighted by Crippen LogP contribution is -3.16. The van der Waals surface area contributed by atoms with Crippen LogP contribution in [0.4, 0.5) is 6.01 Å². The highest BCUT2D eigenvalue weighted by Crippen LogP contribution is 2.23. The second kappa shape index (κ2) is 9.78. The average molecular weight is 462 g/mol. The van der Waals surface area contributed by atoms with Gasteiger partial charge in [0, 0.05) is 19.6 Å². The summed E-state index contributed by atoms with van der Waals surface area (Å²) in [5.41, 5.74) is 4.15. The molecule has 1 aliphatic heterocycles. The smallest absolute Gasteiger partial charge is 0.296 e. The van der Waals surface area contributed by atoms with Crippen molar-refractivity contribution < 1.29 is 9.32 Å².